The minimum absolute atomic E-state index is 0.0319. The number of aromatic hydroxyl groups is 1. The maximum absolute atomic E-state index is 12.3. The van der Waals surface area contributed by atoms with Crippen molar-refractivity contribution in [3.8, 4) is 11.5 Å². The van der Waals surface area contributed by atoms with E-state index in [-0.39, 0.29) is 29.7 Å². The third-order valence-corrected chi connectivity index (χ3v) is 12.3. The monoisotopic (exact) mass is 582 g/mol. The van der Waals surface area contributed by atoms with Gasteiger partial charge in [0.2, 0.25) is 10.0 Å². The molecule has 2 aromatic carbocycles. The number of nitrogens with zero attached hydrogens (tertiary/aromatic N) is 1. The summed E-state index contributed by atoms with van der Waals surface area (Å²) < 4.78 is 31.6. The molecule has 0 bridgehead atoms. The maximum Gasteiger partial charge on any atom is 0.331 e. The summed E-state index contributed by atoms with van der Waals surface area (Å²) in [5.41, 5.74) is 3.81. The highest BCUT2D eigenvalue weighted by Gasteiger charge is 2.57. The van der Waals surface area contributed by atoms with Gasteiger partial charge in [-0.05, 0) is 121 Å². The van der Waals surface area contributed by atoms with Crippen LogP contribution in [-0.2, 0) is 16.4 Å². The number of phenols is 1. The second-order valence-corrected chi connectivity index (χ2v) is 14.7. The van der Waals surface area contributed by atoms with Crippen LogP contribution >= 0.6 is 0 Å². The lowest BCUT2D eigenvalue weighted by molar-refractivity contribution is -0.0323. The van der Waals surface area contributed by atoms with E-state index < -0.39 is 16.1 Å². The molecule has 9 heteroatoms. The van der Waals surface area contributed by atoms with Crippen LogP contribution in [0.5, 0.6) is 11.5 Å². The van der Waals surface area contributed by atoms with Crippen molar-refractivity contribution >= 4 is 16.1 Å². The number of benzene rings is 2. The van der Waals surface area contributed by atoms with Crippen LogP contribution in [-0.4, -0.2) is 60.5 Å². The van der Waals surface area contributed by atoms with Gasteiger partial charge in [0.25, 0.3) is 0 Å². The van der Waals surface area contributed by atoms with E-state index in [0.29, 0.717) is 49.5 Å². The molecule has 6 atom stereocenters. The van der Waals surface area contributed by atoms with Gasteiger partial charge in [-0.2, -0.15) is 0 Å². The summed E-state index contributed by atoms with van der Waals surface area (Å²) in [4.78, 5) is 11.6. The summed E-state index contributed by atoms with van der Waals surface area (Å²) >= 11 is 0. The van der Waals surface area contributed by atoms with Gasteiger partial charge in [0.1, 0.15) is 11.5 Å². The predicted octanol–water partition coefficient (Wildman–Crippen LogP) is 4.91. The van der Waals surface area contributed by atoms with E-state index in [1.54, 1.807) is 0 Å². The summed E-state index contributed by atoms with van der Waals surface area (Å²) in [6.07, 6.45) is 6.65. The molecule has 3 aliphatic carbocycles. The summed E-state index contributed by atoms with van der Waals surface area (Å²) in [5, 5.41) is 23.8. The van der Waals surface area contributed by atoms with Gasteiger partial charge in [0, 0.05) is 6.54 Å². The number of aryl methyl sites for hydroxylation is 1. The molecule has 3 N–H and O–H groups in total. The third-order valence-electron chi connectivity index (χ3n) is 10.4. The third kappa shape index (κ3) is 5.31. The highest BCUT2D eigenvalue weighted by Crippen LogP contribution is 2.65. The van der Waals surface area contributed by atoms with Gasteiger partial charge in [0.05, 0.1) is 25.0 Å². The molecule has 41 heavy (non-hydrogen) atoms. The van der Waals surface area contributed by atoms with Gasteiger partial charge in [-0.25, -0.2) is 17.5 Å². The molecule has 4 aliphatic rings. The number of phenolic OH excluding ortho intramolecular Hbond substituents is 1. The van der Waals surface area contributed by atoms with Crippen LogP contribution in [0.4, 0.5) is 4.79 Å². The van der Waals surface area contributed by atoms with Crippen molar-refractivity contribution in [2.45, 2.75) is 76.2 Å². The molecule has 222 valence electrons. The average Bonchev–Trinajstić information content (AvgIpc) is 3.53. The number of aliphatic hydroxyl groups is 1. The lowest BCUT2D eigenvalue weighted by Crippen LogP contribution is -2.47. The Hall–Kier alpha value is -2.78. The van der Waals surface area contributed by atoms with Gasteiger partial charge in [-0.1, -0.05) is 25.1 Å². The minimum atomic E-state index is -3.55. The highest BCUT2D eigenvalue weighted by atomic mass is 32.2. The largest absolute Gasteiger partial charge is 0.508 e. The molecule has 8 nitrogen and oxygen atoms in total. The van der Waals surface area contributed by atoms with Crippen molar-refractivity contribution in [2.75, 3.05) is 25.4 Å². The zero-order chi connectivity index (χ0) is 28.8. The van der Waals surface area contributed by atoms with Gasteiger partial charge in [0.15, 0.2) is 0 Å². The number of carbonyl (C=O) groups excluding carboxylic acids is 1. The van der Waals surface area contributed by atoms with E-state index in [9.17, 15) is 23.4 Å². The molecule has 2 aromatic rings. The second kappa shape index (κ2) is 11.1. The van der Waals surface area contributed by atoms with Crippen LogP contribution in [0, 0.1) is 17.3 Å². The van der Waals surface area contributed by atoms with Gasteiger partial charge in [-0.15, -0.1) is 0 Å². The Kier molecular flexibility index (Phi) is 7.70. The number of unbranched alkanes of at least 4 members (excludes halogenated alkanes) is 2. The number of carbonyl (C=O) groups is 1. The number of nitrogens with one attached hydrogen (secondary N) is 1. The van der Waals surface area contributed by atoms with E-state index in [4.69, 9.17) is 4.74 Å². The first-order valence-corrected chi connectivity index (χ1v) is 16.8. The standard InChI is InChI=1S/C32H42N2O6S/c1-32-20-27(30-25-12-8-23(35)19-22(25)7-11-26(30)28(32)13-14-29(32)36)21-5-9-24(10-6-21)40-17-3-2-4-18-41(38,39)34-16-15-33-31(34)37/h5-6,8-10,12,19,26-30,35-36H,2-4,7,11,13-18,20H2,1H3,(H,33,37)/t26?,27-,28?,29+,30?,32+/m1/s1. The molecule has 1 saturated heterocycles. The molecule has 6 rings (SSSR count). The van der Waals surface area contributed by atoms with E-state index in [2.05, 4.69) is 30.4 Å². The van der Waals surface area contributed by atoms with Crippen LogP contribution in [0.1, 0.15) is 80.4 Å². The molecule has 3 fully saturated rings. The fraction of sp³-hybridized carbons (Fsp3) is 0.594. The number of sulfonamides is 1. The Morgan fingerprint density at radius 3 is 2.63 bits per heavy atom. The maximum atomic E-state index is 12.3. The van der Waals surface area contributed by atoms with Crippen molar-refractivity contribution in [1.82, 2.24) is 9.62 Å². The molecule has 1 aliphatic heterocycles. The Bertz CT molecular complexity index is 1380. The number of urea groups is 1. The Morgan fingerprint density at radius 1 is 1.07 bits per heavy atom. The first-order valence-electron chi connectivity index (χ1n) is 15.2. The molecule has 0 radical (unpaired) electrons. The van der Waals surface area contributed by atoms with Crippen molar-refractivity contribution in [3.63, 3.8) is 0 Å². The fourth-order valence-electron chi connectivity index (χ4n) is 8.39. The van der Waals surface area contributed by atoms with Crippen LogP contribution in [0.25, 0.3) is 0 Å². The highest BCUT2D eigenvalue weighted by molar-refractivity contribution is 7.89. The fourth-order valence-corrected chi connectivity index (χ4v) is 9.86. The van der Waals surface area contributed by atoms with Crippen molar-refractivity contribution in [3.05, 3.63) is 59.2 Å². The number of amides is 2. The smallest absolute Gasteiger partial charge is 0.331 e. The number of rotatable bonds is 9. The van der Waals surface area contributed by atoms with Crippen molar-refractivity contribution in [1.29, 1.82) is 0 Å². The molecular weight excluding hydrogens is 540 g/mol. The molecule has 0 spiro atoms. The van der Waals surface area contributed by atoms with Crippen molar-refractivity contribution < 1.29 is 28.2 Å². The Labute approximate surface area is 243 Å². The number of fused-ring (bicyclic) bond motifs is 5. The molecular formula is C32H42N2O6S. The molecule has 0 aromatic heterocycles. The molecule has 2 amide bonds. The van der Waals surface area contributed by atoms with E-state index in [0.717, 1.165) is 48.6 Å². The van der Waals surface area contributed by atoms with Gasteiger partial charge >= 0.3 is 6.03 Å². The number of hydrogen-bond acceptors (Lipinski definition) is 6. The number of ether oxygens (including phenoxy) is 1. The van der Waals surface area contributed by atoms with Crippen LogP contribution in [0.15, 0.2) is 42.5 Å². The normalized spacial score (nSPS) is 30.8. The molecule has 1 heterocycles. The van der Waals surface area contributed by atoms with Crippen LogP contribution in [0.3, 0.4) is 0 Å². The number of aliphatic hydroxyl groups excluding tert-OH is 1. The minimum Gasteiger partial charge on any atom is -0.508 e. The second-order valence-electron chi connectivity index (χ2n) is 12.7. The first kappa shape index (κ1) is 28.3. The van der Waals surface area contributed by atoms with E-state index >= 15 is 0 Å². The topological polar surface area (TPSA) is 116 Å². The summed E-state index contributed by atoms with van der Waals surface area (Å²) in [6.45, 7) is 3.37. The Morgan fingerprint density at radius 2 is 1.88 bits per heavy atom. The average molecular weight is 583 g/mol. The zero-order valence-corrected chi connectivity index (χ0v) is 24.6. The lowest BCUT2D eigenvalue weighted by Gasteiger charge is -2.54. The molecule has 3 unspecified atom stereocenters. The zero-order valence-electron chi connectivity index (χ0n) is 23.8. The molecule has 2 saturated carbocycles. The first-order chi connectivity index (χ1) is 19.7. The predicted molar refractivity (Wildman–Crippen MR) is 157 cm³/mol. The summed E-state index contributed by atoms with van der Waals surface area (Å²) in [6, 6.07) is 13.8. The quantitative estimate of drug-likeness (QED) is 0.362. The van der Waals surface area contributed by atoms with Crippen LogP contribution in [0.2, 0.25) is 0 Å². The summed E-state index contributed by atoms with van der Waals surface area (Å²) in [5.74, 6) is 2.79. The van der Waals surface area contributed by atoms with Gasteiger partial charge < -0.3 is 20.3 Å². The van der Waals surface area contributed by atoms with E-state index in [1.807, 2.05) is 24.3 Å². The Balaban J connectivity index is 1.09. The lowest BCUT2D eigenvalue weighted by atomic mass is 9.51. The van der Waals surface area contributed by atoms with Crippen LogP contribution < -0.4 is 10.1 Å². The number of hydrogen-bond donors (Lipinski definition) is 3. The van der Waals surface area contributed by atoms with Gasteiger partial charge in [-0.3, -0.25) is 0 Å². The van der Waals surface area contributed by atoms with E-state index in [1.165, 1.54) is 16.7 Å². The van der Waals surface area contributed by atoms with Crippen molar-refractivity contribution in [2.24, 2.45) is 17.3 Å². The SMILES string of the molecule is C[C@]12C[C@H](c3ccc(OCCCCCS(=O)(=O)N4CCNC4=O)cc3)C3c4ccc(O)cc4CCC3C1CC[C@@H]2O. The summed E-state index contributed by atoms with van der Waals surface area (Å²) in [7, 11) is -3.55.